The van der Waals surface area contributed by atoms with Crippen molar-refractivity contribution in [2.75, 3.05) is 6.61 Å². The first-order valence-corrected chi connectivity index (χ1v) is 7.07. The van der Waals surface area contributed by atoms with E-state index in [1.807, 2.05) is 0 Å². The fourth-order valence-corrected chi connectivity index (χ4v) is 3.91. The molecule has 0 saturated carbocycles. The second-order valence-electron chi connectivity index (χ2n) is 3.78. The highest BCUT2D eigenvalue weighted by Crippen LogP contribution is 2.13. The average molecular weight is 230 g/mol. The molecule has 2 amide bonds. The molecule has 2 N–H and O–H groups in total. The van der Waals surface area contributed by atoms with Gasteiger partial charge < -0.3 is 14.7 Å². The van der Waals surface area contributed by atoms with Gasteiger partial charge in [0.15, 0.2) is 0 Å². The number of carbonyl (C=O) groups excluding carboxylic acids is 2. The van der Waals surface area contributed by atoms with Gasteiger partial charge in [-0.3, -0.25) is 9.59 Å². The maximum absolute atomic E-state index is 11.0. The summed E-state index contributed by atoms with van der Waals surface area (Å²) in [7, 11) is -1.85. The summed E-state index contributed by atoms with van der Waals surface area (Å²) in [6.07, 6.45) is 3.10. The number of nitrogens with one attached hydrogen (secondary N) is 2. The SMILES string of the molecule is CC(=O)N[SiH](NC(C)=O)C1CCCCO1. The highest BCUT2D eigenvalue weighted by atomic mass is 28.3. The standard InChI is InChI=1S/C9H18N2O3Si/c1-7(12)10-15(11-8(2)13)9-5-3-4-6-14-9/h9,15H,3-6H2,1-2H3,(H,10,12)(H,11,13). The van der Waals surface area contributed by atoms with Gasteiger partial charge in [0.25, 0.3) is 9.12 Å². The van der Waals surface area contributed by atoms with Crippen LogP contribution in [0.3, 0.4) is 0 Å². The van der Waals surface area contributed by atoms with Gasteiger partial charge in [-0.15, -0.1) is 0 Å². The quantitative estimate of drug-likeness (QED) is 0.648. The van der Waals surface area contributed by atoms with Crippen LogP contribution < -0.4 is 9.96 Å². The first-order chi connectivity index (χ1) is 7.09. The summed E-state index contributed by atoms with van der Waals surface area (Å²) in [5.41, 5.74) is 0.0338. The Labute approximate surface area is 91.3 Å². The van der Waals surface area contributed by atoms with Crippen molar-refractivity contribution in [1.82, 2.24) is 9.96 Å². The second kappa shape index (κ2) is 5.87. The molecule has 86 valence electrons. The Kier molecular flexibility index (Phi) is 4.77. The van der Waals surface area contributed by atoms with Crippen LogP contribution in [0.4, 0.5) is 0 Å². The van der Waals surface area contributed by atoms with Gasteiger partial charge in [-0.05, 0) is 19.3 Å². The highest BCUT2D eigenvalue weighted by Gasteiger charge is 2.28. The van der Waals surface area contributed by atoms with Gasteiger partial charge in [0.05, 0.1) is 5.73 Å². The summed E-state index contributed by atoms with van der Waals surface area (Å²) in [5, 5.41) is 0. The molecule has 1 heterocycles. The van der Waals surface area contributed by atoms with Crippen LogP contribution in [0, 0.1) is 0 Å². The molecule has 1 aliphatic heterocycles. The Hall–Kier alpha value is -0.883. The highest BCUT2D eigenvalue weighted by molar-refractivity contribution is 6.60. The van der Waals surface area contributed by atoms with E-state index in [9.17, 15) is 9.59 Å². The third-order valence-corrected chi connectivity index (χ3v) is 5.01. The molecule has 0 aromatic carbocycles. The number of carbonyl (C=O) groups is 2. The van der Waals surface area contributed by atoms with Gasteiger partial charge >= 0.3 is 0 Å². The van der Waals surface area contributed by atoms with Crippen LogP contribution in [0.25, 0.3) is 0 Å². The molecule has 0 aliphatic carbocycles. The van der Waals surface area contributed by atoms with Crippen molar-refractivity contribution in [1.29, 1.82) is 0 Å². The molecule has 0 radical (unpaired) electrons. The molecule has 1 aliphatic rings. The predicted octanol–water partition coefficient (Wildman–Crippen LogP) is -0.413. The molecular weight excluding hydrogens is 212 g/mol. The zero-order chi connectivity index (χ0) is 11.3. The zero-order valence-electron chi connectivity index (χ0n) is 9.21. The number of hydrogen-bond donors (Lipinski definition) is 2. The van der Waals surface area contributed by atoms with E-state index >= 15 is 0 Å². The lowest BCUT2D eigenvalue weighted by atomic mass is 10.2. The molecule has 0 aromatic rings. The van der Waals surface area contributed by atoms with E-state index in [1.165, 1.54) is 13.8 Å². The summed E-state index contributed by atoms with van der Waals surface area (Å²) in [6.45, 7) is 3.66. The lowest BCUT2D eigenvalue weighted by Gasteiger charge is -2.29. The van der Waals surface area contributed by atoms with Crippen molar-refractivity contribution in [2.45, 2.75) is 38.8 Å². The molecule has 5 nitrogen and oxygen atoms in total. The Bertz CT molecular complexity index is 226. The summed E-state index contributed by atoms with van der Waals surface area (Å²) >= 11 is 0. The van der Waals surface area contributed by atoms with Crippen LogP contribution in [0.15, 0.2) is 0 Å². The Morgan fingerprint density at radius 1 is 1.20 bits per heavy atom. The van der Waals surface area contributed by atoms with E-state index in [2.05, 4.69) is 9.96 Å². The zero-order valence-corrected chi connectivity index (χ0v) is 10.4. The van der Waals surface area contributed by atoms with E-state index in [-0.39, 0.29) is 17.5 Å². The van der Waals surface area contributed by atoms with Crippen LogP contribution in [-0.2, 0) is 14.3 Å². The van der Waals surface area contributed by atoms with Crippen molar-refractivity contribution in [2.24, 2.45) is 0 Å². The lowest BCUT2D eigenvalue weighted by Crippen LogP contribution is -2.60. The summed E-state index contributed by atoms with van der Waals surface area (Å²) in [4.78, 5) is 27.6. The molecule has 1 atom stereocenters. The van der Waals surface area contributed by atoms with Crippen molar-refractivity contribution < 1.29 is 14.3 Å². The molecule has 0 aromatic heterocycles. The largest absolute Gasteiger partial charge is 0.378 e. The van der Waals surface area contributed by atoms with Gasteiger partial charge in [0, 0.05) is 20.5 Å². The number of ether oxygens (including phenoxy) is 1. The Balaban J connectivity index is 2.52. The molecule has 15 heavy (non-hydrogen) atoms. The third kappa shape index (κ3) is 4.44. The molecule has 0 spiro atoms. The summed E-state index contributed by atoms with van der Waals surface area (Å²) < 4.78 is 5.57. The molecule has 1 unspecified atom stereocenters. The van der Waals surface area contributed by atoms with Crippen LogP contribution in [0.1, 0.15) is 33.1 Å². The van der Waals surface area contributed by atoms with E-state index in [1.54, 1.807) is 0 Å². The van der Waals surface area contributed by atoms with E-state index in [0.29, 0.717) is 0 Å². The van der Waals surface area contributed by atoms with E-state index in [4.69, 9.17) is 4.74 Å². The van der Waals surface area contributed by atoms with Crippen LogP contribution in [0.2, 0.25) is 0 Å². The minimum atomic E-state index is -1.85. The normalized spacial score (nSPS) is 21.1. The topological polar surface area (TPSA) is 67.4 Å². The number of hydrogen-bond acceptors (Lipinski definition) is 3. The van der Waals surface area contributed by atoms with Crippen molar-refractivity contribution in [3.05, 3.63) is 0 Å². The predicted molar refractivity (Wildman–Crippen MR) is 58.4 cm³/mol. The minimum absolute atomic E-state index is 0.0338. The van der Waals surface area contributed by atoms with E-state index < -0.39 is 9.12 Å². The molecule has 1 fully saturated rings. The molecular formula is C9H18N2O3Si. The summed E-state index contributed by atoms with van der Waals surface area (Å²) in [6, 6.07) is 0. The molecule has 0 bridgehead atoms. The minimum Gasteiger partial charge on any atom is -0.378 e. The summed E-state index contributed by atoms with van der Waals surface area (Å²) in [5.74, 6) is -0.204. The third-order valence-electron chi connectivity index (χ3n) is 2.30. The molecule has 6 heteroatoms. The first kappa shape index (κ1) is 12.2. The van der Waals surface area contributed by atoms with E-state index in [0.717, 1.165) is 25.9 Å². The number of amides is 2. The van der Waals surface area contributed by atoms with Gasteiger partial charge in [0.1, 0.15) is 0 Å². The smallest absolute Gasteiger partial charge is 0.276 e. The van der Waals surface area contributed by atoms with Gasteiger partial charge in [-0.25, -0.2) is 0 Å². The van der Waals surface area contributed by atoms with Crippen molar-refractivity contribution >= 4 is 20.9 Å². The fourth-order valence-electron chi connectivity index (χ4n) is 1.69. The maximum Gasteiger partial charge on any atom is 0.276 e. The van der Waals surface area contributed by atoms with Gasteiger partial charge in [-0.2, -0.15) is 0 Å². The Morgan fingerprint density at radius 3 is 2.20 bits per heavy atom. The average Bonchev–Trinajstić information content (AvgIpc) is 2.17. The Morgan fingerprint density at radius 2 is 1.80 bits per heavy atom. The second-order valence-corrected chi connectivity index (χ2v) is 6.06. The lowest BCUT2D eigenvalue weighted by molar-refractivity contribution is -0.118. The van der Waals surface area contributed by atoms with Gasteiger partial charge in [-0.1, -0.05) is 0 Å². The first-order valence-electron chi connectivity index (χ1n) is 5.25. The maximum atomic E-state index is 11.0. The van der Waals surface area contributed by atoms with Crippen LogP contribution in [0.5, 0.6) is 0 Å². The van der Waals surface area contributed by atoms with Crippen molar-refractivity contribution in [3.63, 3.8) is 0 Å². The van der Waals surface area contributed by atoms with Crippen LogP contribution >= 0.6 is 0 Å². The van der Waals surface area contributed by atoms with Crippen LogP contribution in [-0.4, -0.2) is 33.3 Å². The monoisotopic (exact) mass is 230 g/mol. The number of rotatable bonds is 3. The molecule has 1 rings (SSSR count). The van der Waals surface area contributed by atoms with Gasteiger partial charge in [0.2, 0.25) is 11.8 Å². The van der Waals surface area contributed by atoms with Crippen molar-refractivity contribution in [3.8, 4) is 0 Å². The molecule has 1 saturated heterocycles. The fraction of sp³-hybridized carbons (Fsp3) is 0.778.